The van der Waals surface area contributed by atoms with Gasteiger partial charge in [-0.25, -0.2) is 4.79 Å². The largest absolute Gasteiger partial charge is 0.497 e. The minimum absolute atomic E-state index is 0.151. The highest BCUT2D eigenvalue weighted by molar-refractivity contribution is 7.15. The molecule has 0 spiro atoms. The number of aryl methyl sites for hydroxylation is 1. The standard InChI is InChI=1S/C17H19N5O4S/c1-10-20-21-16(27-10)19-14(23)9-13-15(24)22(17(25)18-13)8-7-11-3-5-12(26-2)6-4-11/h3-6,13H,7-9H2,1-2H3,(H,18,25)(H,19,21,23). The molecule has 1 unspecified atom stereocenters. The Bertz CT molecular complexity index is 851. The van der Waals surface area contributed by atoms with Gasteiger partial charge in [0.2, 0.25) is 11.0 Å². The molecule has 1 atom stereocenters. The van der Waals surface area contributed by atoms with Crippen molar-refractivity contribution in [3.8, 4) is 5.75 Å². The van der Waals surface area contributed by atoms with E-state index < -0.39 is 23.9 Å². The van der Waals surface area contributed by atoms with Gasteiger partial charge < -0.3 is 15.4 Å². The molecule has 1 aromatic heterocycles. The summed E-state index contributed by atoms with van der Waals surface area (Å²) in [6, 6.07) is 6.05. The first-order chi connectivity index (χ1) is 13.0. The highest BCUT2D eigenvalue weighted by atomic mass is 32.1. The predicted octanol–water partition coefficient (Wildman–Crippen LogP) is 1.35. The maximum absolute atomic E-state index is 12.4. The minimum Gasteiger partial charge on any atom is -0.497 e. The van der Waals surface area contributed by atoms with Crippen molar-refractivity contribution in [2.45, 2.75) is 25.8 Å². The van der Waals surface area contributed by atoms with Gasteiger partial charge in [0.05, 0.1) is 13.5 Å². The lowest BCUT2D eigenvalue weighted by Crippen LogP contribution is -2.34. The molecule has 0 radical (unpaired) electrons. The molecule has 3 rings (SSSR count). The number of imide groups is 1. The number of hydrogen-bond donors (Lipinski definition) is 2. The van der Waals surface area contributed by atoms with E-state index in [4.69, 9.17) is 4.74 Å². The summed E-state index contributed by atoms with van der Waals surface area (Å²) in [7, 11) is 1.59. The molecule has 27 heavy (non-hydrogen) atoms. The third kappa shape index (κ3) is 4.59. The number of hydrogen-bond acceptors (Lipinski definition) is 7. The number of ether oxygens (including phenoxy) is 1. The average Bonchev–Trinajstić information content (AvgIpc) is 3.16. The molecule has 1 aliphatic heterocycles. The van der Waals surface area contributed by atoms with E-state index in [1.165, 1.54) is 11.3 Å². The fourth-order valence-corrected chi connectivity index (χ4v) is 3.27. The Morgan fingerprint density at radius 2 is 2.04 bits per heavy atom. The molecular formula is C17H19N5O4S. The van der Waals surface area contributed by atoms with Gasteiger partial charge in [-0.1, -0.05) is 23.5 Å². The van der Waals surface area contributed by atoms with Crippen LogP contribution in [0.4, 0.5) is 9.93 Å². The number of nitrogens with one attached hydrogen (secondary N) is 2. The highest BCUT2D eigenvalue weighted by Crippen LogP contribution is 2.17. The van der Waals surface area contributed by atoms with Crippen LogP contribution in [0.2, 0.25) is 0 Å². The van der Waals surface area contributed by atoms with E-state index >= 15 is 0 Å². The number of aromatic nitrogens is 2. The molecular weight excluding hydrogens is 370 g/mol. The van der Waals surface area contributed by atoms with Crippen LogP contribution in [-0.4, -0.2) is 52.6 Å². The quantitative estimate of drug-likeness (QED) is 0.691. The second-order valence-electron chi connectivity index (χ2n) is 5.97. The Balaban J connectivity index is 1.53. The van der Waals surface area contributed by atoms with Crippen LogP contribution in [0.15, 0.2) is 24.3 Å². The zero-order valence-electron chi connectivity index (χ0n) is 14.9. The number of carbonyl (C=O) groups is 3. The number of benzene rings is 1. The molecule has 2 heterocycles. The number of nitrogens with zero attached hydrogens (tertiary/aromatic N) is 3. The van der Waals surface area contributed by atoms with E-state index in [9.17, 15) is 14.4 Å². The van der Waals surface area contributed by atoms with E-state index in [0.717, 1.165) is 21.2 Å². The normalized spacial score (nSPS) is 16.4. The molecule has 0 bridgehead atoms. The number of amides is 4. The van der Waals surface area contributed by atoms with Gasteiger partial charge >= 0.3 is 6.03 Å². The van der Waals surface area contributed by atoms with Crippen LogP contribution in [0.25, 0.3) is 0 Å². The zero-order chi connectivity index (χ0) is 19.4. The van der Waals surface area contributed by atoms with Gasteiger partial charge in [-0.2, -0.15) is 0 Å². The Hall–Kier alpha value is -3.01. The second kappa shape index (κ2) is 8.12. The summed E-state index contributed by atoms with van der Waals surface area (Å²) in [5.74, 6) is -0.0654. The van der Waals surface area contributed by atoms with Gasteiger partial charge in [-0.05, 0) is 31.0 Å². The molecule has 0 aliphatic carbocycles. The van der Waals surface area contributed by atoms with E-state index in [1.807, 2.05) is 24.3 Å². The second-order valence-corrected chi connectivity index (χ2v) is 7.15. The van der Waals surface area contributed by atoms with Crippen molar-refractivity contribution >= 4 is 34.3 Å². The Morgan fingerprint density at radius 3 is 2.67 bits per heavy atom. The van der Waals surface area contributed by atoms with Crippen molar-refractivity contribution in [3.63, 3.8) is 0 Å². The van der Waals surface area contributed by atoms with E-state index in [0.29, 0.717) is 11.6 Å². The Morgan fingerprint density at radius 1 is 1.30 bits per heavy atom. The molecule has 1 aromatic carbocycles. The summed E-state index contributed by atoms with van der Waals surface area (Å²) in [4.78, 5) is 37.7. The van der Waals surface area contributed by atoms with Gasteiger partial charge in [0.15, 0.2) is 0 Å². The Labute approximate surface area is 159 Å². The fourth-order valence-electron chi connectivity index (χ4n) is 2.66. The third-order valence-electron chi connectivity index (χ3n) is 4.05. The fraction of sp³-hybridized carbons (Fsp3) is 0.353. The molecule has 2 aromatic rings. The van der Waals surface area contributed by atoms with Crippen molar-refractivity contribution in [3.05, 3.63) is 34.8 Å². The highest BCUT2D eigenvalue weighted by Gasteiger charge is 2.38. The SMILES string of the molecule is COc1ccc(CCN2C(=O)NC(CC(=O)Nc3nnc(C)s3)C2=O)cc1. The van der Waals surface area contributed by atoms with Crippen LogP contribution in [0.3, 0.4) is 0 Å². The molecule has 2 N–H and O–H groups in total. The van der Waals surface area contributed by atoms with Gasteiger partial charge in [0.25, 0.3) is 5.91 Å². The molecule has 4 amide bonds. The number of anilines is 1. The van der Waals surface area contributed by atoms with Gasteiger partial charge in [-0.15, -0.1) is 10.2 Å². The smallest absolute Gasteiger partial charge is 0.324 e. The lowest BCUT2D eigenvalue weighted by atomic mass is 10.1. The summed E-state index contributed by atoms with van der Waals surface area (Å²) < 4.78 is 5.10. The van der Waals surface area contributed by atoms with E-state index in [-0.39, 0.29) is 13.0 Å². The average molecular weight is 389 g/mol. The van der Waals surface area contributed by atoms with Crippen molar-refractivity contribution in [2.24, 2.45) is 0 Å². The number of methoxy groups -OCH3 is 1. The predicted molar refractivity (Wildman–Crippen MR) is 98.6 cm³/mol. The summed E-state index contributed by atoms with van der Waals surface area (Å²) in [6.45, 7) is 2.01. The van der Waals surface area contributed by atoms with Crippen LogP contribution in [-0.2, 0) is 16.0 Å². The van der Waals surface area contributed by atoms with Gasteiger partial charge in [0.1, 0.15) is 16.8 Å². The van der Waals surface area contributed by atoms with Crippen LogP contribution < -0.4 is 15.4 Å². The van der Waals surface area contributed by atoms with Gasteiger partial charge in [-0.3, -0.25) is 14.5 Å². The molecule has 142 valence electrons. The molecule has 0 saturated carbocycles. The molecule has 1 aliphatic rings. The lowest BCUT2D eigenvalue weighted by molar-refractivity contribution is -0.129. The maximum Gasteiger partial charge on any atom is 0.324 e. The van der Waals surface area contributed by atoms with Crippen LogP contribution in [0, 0.1) is 6.92 Å². The minimum atomic E-state index is -0.873. The topological polar surface area (TPSA) is 114 Å². The van der Waals surface area contributed by atoms with Crippen LogP contribution in [0.1, 0.15) is 17.0 Å². The third-order valence-corrected chi connectivity index (χ3v) is 4.81. The summed E-state index contributed by atoms with van der Waals surface area (Å²) in [5.41, 5.74) is 0.976. The maximum atomic E-state index is 12.4. The molecule has 10 heteroatoms. The van der Waals surface area contributed by atoms with Gasteiger partial charge in [0, 0.05) is 6.54 Å². The monoisotopic (exact) mass is 389 g/mol. The summed E-state index contributed by atoms with van der Waals surface area (Å²) in [5, 5.41) is 13.8. The number of carbonyl (C=O) groups excluding carboxylic acids is 3. The first-order valence-electron chi connectivity index (χ1n) is 8.31. The van der Waals surface area contributed by atoms with Crippen LogP contribution >= 0.6 is 11.3 Å². The van der Waals surface area contributed by atoms with Crippen molar-refractivity contribution < 1.29 is 19.1 Å². The number of urea groups is 1. The first-order valence-corrected chi connectivity index (χ1v) is 9.12. The van der Waals surface area contributed by atoms with E-state index in [2.05, 4.69) is 20.8 Å². The molecule has 1 fully saturated rings. The molecule has 1 saturated heterocycles. The molecule has 9 nitrogen and oxygen atoms in total. The lowest BCUT2D eigenvalue weighted by Gasteiger charge is -2.13. The van der Waals surface area contributed by atoms with E-state index in [1.54, 1.807) is 14.0 Å². The zero-order valence-corrected chi connectivity index (χ0v) is 15.7. The summed E-state index contributed by atoms with van der Waals surface area (Å²) in [6.07, 6.45) is 0.369. The van der Waals surface area contributed by atoms with Crippen molar-refractivity contribution in [1.82, 2.24) is 20.4 Å². The van der Waals surface area contributed by atoms with Crippen LogP contribution in [0.5, 0.6) is 5.75 Å². The Kier molecular flexibility index (Phi) is 5.65. The first kappa shape index (κ1) is 18.8. The summed E-state index contributed by atoms with van der Waals surface area (Å²) >= 11 is 1.24. The van der Waals surface area contributed by atoms with Crippen molar-refractivity contribution in [1.29, 1.82) is 0 Å². The van der Waals surface area contributed by atoms with Crippen molar-refractivity contribution in [2.75, 3.05) is 19.0 Å². The number of rotatable bonds is 7.